The number of rotatable bonds is 6. The topological polar surface area (TPSA) is 55.1 Å². The van der Waals surface area contributed by atoms with Gasteiger partial charge in [-0.2, -0.15) is 0 Å². The highest BCUT2D eigenvalue weighted by Crippen LogP contribution is 2.22. The maximum absolute atomic E-state index is 12.2. The summed E-state index contributed by atoms with van der Waals surface area (Å²) in [5.74, 6) is 0.169. The molecule has 1 rings (SSSR count). The van der Waals surface area contributed by atoms with Crippen LogP contribution in [0.2, 0.25) is 0 Å². The third-order valence-electron chi connectivity index (χ3n) is 3.69. The molecular weight excluding hydrogens is 256 g/mol. The van der Waals surface area contributed by atoms with Gasteiger partial charge in [0, 0.05) is 6.54 Å². The normalized spacial score (nSPS) is 15.3. The Kier molecular flexibility index (Phi) is 5.48. The maximum Gasteiger partial charge on any atom is 0.232 e. The van der Waals surface area contributed by atoms with Crippen molar-refractivity contribution in [1.82, 2.24) is 5.32 Å². The zero-order valence-corrected chi connectivity index (χ0v) is 12.6. The minimum atomic E-state index is -0.758. The van der Waals surface area contributed by atoms with E-state index in [0.717, 1.165) is 0 Å². The molecule has 4 heteroatoms. The van der Waals surface area contributed by atoms with Crippen molar-refractivity contribution in [2.45, 2.75) is 33.1 Å². The first kappa shape index (κ1) is 15.6. The fourth-order valence-electron chi connectivity index (χ4n) is 1.79. The second-order valence-corrected chi connectivity index (χ2v) is 5.51. The van der Waals surface area contributed by atoms with Crippen LogP contribution in [0, 0.1) is 5.41 Å². The van der Waals surface area contributed by atoms with Crippen LogP contribution in [-0.2, 0) is 4.79 Å². The lowest BCUT2D eigenvalue weighted by Crippen LogP contribution is -2.47. The van der Waals surface area contributed by atoms with Crippen molar-refractivity contribution in [3.05, 3.63) is 35.9 Å². The Balaban J connectivity index is 2.62. The number of nitrogens with one attached hydrogen (secondary N) is 1. The molecule has 0 saturated carbocycles. The lowest BCUT2D eigenvalue weighted by atomic mass is 9.86. The molecule has 0 aliphatic rings. The van der Waals surface area contributed by atoms with Gasteiger partial charge >= 0.3 is 0 Å². The summed E-state index contributed by atoms with van der Waals surface area (Å²) >= 11 is 5.00. The first-order chi connectivity index (χ1) is 8.91. The third-order valence-corrected chi connectivity index (χ3v) is 4.14. The largest absolute Gasteiger partial charge is 0.392 e. The molecule has 1 aromatic rings. The van der Waals surface area contributed by atoms with Gasteiger partial charge in [0.25, 0.3) is 0 Å². The van der Waals surface area contributed by atoms with Crippen molar-refractivity contribution in [2.24, 2.45) is 11.1 Å². The van der Waals surface area contributed by atoms with E-state index >= 15 is 0 Å². The van der Waals surface area contributed by atoms with Crippen LogP contribution in [0.5, 0.6) is 0 Å². The van der Waals surface area contributed by atoms with Crippen LogP contribution in [-0.4, -0.2) is 17.4 Å². The van der Waals surface area contributed by atoms with Crippen LogP contribution in [0.1, 0.15) is 38.7 Å². The first-order valence-electron chi connectivity index (χ1n) is 6.55. The summed E-state index contributed by atoms with van der Waals surface area (Å²) in [5, 5.41) is 2.95. The lowest BCUT2D eigenvalue weighted by molar-refractivity contribution is -0.127. The second-order valence-electron chi connectivity index (χ2n) is 5.07. The molecule has 0 bridgehead atoms. The average molecular weight is 278 g/mol. The highest BCUT2D eigenvalue weighted by Gasteiger charge is 2.34. The molecular formula is C15H22N2OS. The predicted molar refractivity (Wildman–Crippen MR) is 83.1 cm³/mol. The molecule has 0 aliphatic carbocycles. The summed E-state index contributed by atoms with van der Waals surface area (Å²) in [6, 6.07) is 10.1. The molecule has 0 saturated heterocycles. The fourth-order valence-corrected chi connectivity index (χ4v) is 2.02. The molecule has 0 fully saturated rings. The van der Waals surface area contributed by atoms with Gasteiger partial charge in [0.2, 0.25) is 5.91 Å². The molecule has 0 aromatic heterocycles. The Hall–Kier alpha value is -1.42. The van der Waals surface area contributed by atoms with Gasteiger partial charge in [-0.25, -0.2) is 0 Å². The van der Waals surface area contributed by atoms with Crippen LogP contribution >= 0.6 is 12.2 Å². The van der Waals surface area contributed by atoms with Crippen LogP contribution in [0.4, 0.5) is 0 Å². The molecule has 0 heterocycles. The smallest absolute Gasteiger partial charge is 0.232 e. The van der Waals surface area contributed by atoms with E-state index in [1.165, 1.54) is 5.56 Å². The molecule has 0 radical (unpaired) electrons. The summed E-state index contributed by atoms with van der Waals surface area (Å²) in [5.41, 5.74) is 6.12. The van der Waals surface area contributed by atoms with Gasteiger partial charge in [0.1, 0.15) is 0 Å². The Bertz CT molecular complexity index is 447. The Morgan fingerprint density at radius 3 is 2.47 bits per heavy atom. The highest BCUT2D eigenvalue weighted by atomic mass is 32.1. The van der Waals surface area contributed by atoms with E-state index in [9.17, 15) is 4.79 Å². The molecule has 19 heavy (non-hydrogen) atoms. The standard InChI is InChI=1S/C15H22N2OS/c1-4-15(3,13(16)19)14(18)17-10-11(2)12-8-6-5-7-9-12/h5-9,11H,4,10H2,1-3H3,(H2,16,19)(H,17,18). The predicted octanol–water partition coefficient (Wildman–Crippen LogP) is 2.61. The summed E-state index contributed by atoms with van der Waals surface area (Å²) in [4.78, 5) is 12.4. The van der Waals surface area contributed by atoms with E-state index in [4.69, 9.17) is 18.0 Å². The van der Waals surface area contributed by atoms with E-state index in [1.54, 1.807) is 6.92 Å². The number of carbonyl (C=O) groups excluding carboxylic acids is 1. The van der Waals surface area contributed by atoms with Crippen LogP contribution in [0.3, 0.4) is 0 Å². The molecule has 104 valence electrons. The van der Waals surface area contributed by atoms with Crippen LogP contribution < -0.4 is 11.1 Å². The van der Waals surface area contributed by atoms with E-state index in [0.29, 0.717) is 13.0 Å². The number of thiocarbonyl (C=S) groups is 1. The van der Waals surface area contributed by atoms with Crippen molar-refractivity contribution < 1.29 is 4.79 Å². The van der Waals surface area contributed by atoms with Gasteiger partial charge in [0.15, 0.2) is 0 Å². The zero-order chi connectivity index (χ0) is 14.5. The van der Waals surface area contributed by atoms with Gasteiger partial charge in [-0.15, -0.1) is 0 Å². The van der Waals surface area contributed by atoms with Crippen LogP contribution in [0.25, 0.3) is 0 Å². The Morgan fingerprint density at radius 2 is 2.00 bits per heavy atom. The van der Waals surface area contributed by atoms with Gasteiger partial charge < -0.3 is 11.1 Å². The Morgan fingerprint density at radius 1 is 1.42 bits per heavy atom. The summed E-state index contributed by atoms with van der Waals surface area (Å²) < 4.78 is 0. The number of amides is 1. The van der Waals surface area contributed by atoms with E-state index in [2.05, 4.69) is 24.4 Å². The van der Waals surface area contributed by atoms with E-state index < -0.39 is 5.41 Å². The summed E-state index contributed by atoms with van der Waals surface area (Å²) in [7, 11) is 0. The molecule has 3 nitrogen and oxygen atoms in total. The summed E-state index contributed by atoms with van der Waals surface area (Å²) in [6.07, 6.45) is 0.605. The van der Waals surface area contributed by atoms with Gasteiger partial charge in [-0.1, -0.05) is 56.4 Å². The number of hydrogen-bond acceptors (Lipinski definition) is 2. The van der Waals surface area contributed by atoms with Crippen molar-refractivity contribution in [1.29, 1.82) is 0 Å². The minimum Gasteiger partial charge on any atom is -0.392 e. The monoisotopic (exact) mass is 278 g/mol. The quantitative estimate of drug-likeness (QED) is 0.786. The van der Waals surface area contributed by atoms with Gasteiger partial charge in [0.05, 0.1) is 10.4 Å². The van der Waals surface area contributed by atoms with Crippen molar-refractivity contribution >= 4 is 23.1 Å². The second kappa shape index (κ2) is 6.66. The van der Waals surface area contributed by atoms with Crippen molar-refractivity contribution in [3.8, 4) is 0 Å². The van der Waals surface area contributed by atoms with Crippen molar-refractivity contribution in [3.63, 3.8) is 0 Å². The number of hydrogen-bond donors (Lipinski definition) is 2. The first-order valence-corrected chi connectivity index (χ1v) is 6.95. The maximum atomic E-state index is 12.2. The van der Waals surface area contributed by atoms with Crippen molar-refractivity contribution in [2.75, 3.05) is 6.54 Å². The number of carbonyl (C=O) groups is 1. The van der Waals surface area contributed by atoms with E-state index in [1.807, 2.05) is 25.1 Å². The lowest BCUT2D eigenvalue weighted by Gasteiger charge is -2.26. The third kappa shape index (κ3) is 3.77. The molecule has 2 unspecified atom stereocenters. The molecule has 1 aromatic carbocycles. The molecule has 0 aliphatic heterocycles. The average Bonchev–Trinajstić information content (AvgIpc) is 2.44. The zero-order valence-electron chi connectivity index (χ0n) is 11.8. The number of benzene rings is 1. The molecule has 3 N–H and O–H groups in total. The fraction of sp³-hybridized carbons (Fsp3) is 0.467. The summed E-state index contributed by atoms with van der Waals surface area (Å²) in [6.45, 7) is 6.37. The van der Waals surface area contributed by atoms with Gasteiger partial charge in [-0.05, 0) is 24.8 Å². The van der Waals surface area contributed by atoms with Crippen LogP contribution in [0.15, 0.2) is 30.3 Å². The Labute approximate surface area is 120 Å². The molecule has 2 atom stereocenters. The van der Waals surface area contributed by atoms with Gasteiger partial charge in [-0.3, -0.25) is 4.79 Å². The molecule has 1 amide bonds. The van der Waals surface area contributed by atoms with E-state index in [-0.39, 0.29) is 16.8 Å². The minimum absolute atomic E-state index is 0.0923. The SMILES string of the molecule is CCC(C)(C(=O)NCC(C)c1ccccc1)C(N)=S. The highest BCUT2D eigenvalue weighted by molar-refractivity contribution is 7.80. The number of nitrogens with two attached hydrogens (primary N) is 1. The molecule has 0 spiro atoms.